The zero-order valence-electron chi connectivity index (χ0n) is 8.58. The predicted octanol–water partition coefficient (Wildman–Crippen LogP) is 2.90. The average molecular weight is 254 g/mol. The van der Waals surface area contributed by atoms with Gasteiger partial charge in [0.25, 0.3) is 0 Å². The molecule has 2 saturated carbocycles. The molecule has 0 heterocycles. The molecule has 0 bridgehead atoms. The summed E-state index contributed by atoms with van der Waals surface area (Å²) in [7, 11) is 0. The van der Waals surface area contributed by atoms with Gasteiger partial charge in [0, 0.05) is 5.92 Å². The molecule has 0 atom stereocenters. The number of rotatable bonds is 1. The van der Waals surface area contributed by atoms with E-state index in [0.29, 0.717) is 0 Å². The maximum absolute atomic E-state index is 12.3. The van der Waals surface area contributed by atoms with Gasteiger partial charge in [0.15, 0.2) is 5.83 Å². The van der Waals surface area contributed by atoms with Gasteiger partial charge in [-0.15, -0.1) is 6.42 Å². The Bertz CT molecular complexity index is 222. The third-order valence-corrected chi connectivity index (χ3v) is 1.68. The van der Waals surface area contributed by atoms with E-state index >= 15 is 0 Å². The molecule has 0 unspecified atom stereocenters. The van der Waals surface area contributed by atoms with E-state index in [1.807, 2.05) is 50.9 Å². The fraction of sp³-hybridized carbons (Fsp3) is 0. The number of terminal acetylenes is 1. The molecule has 0 aromatic rings. The van der Waals surface area contributed by atoms with Gasteiger partial charge in [-0.2, -0.15) is 4.39 Å². The number of halogens is 1. The van der Waals surface area contributed by atoms with Crippen molar-refractivity contribution in [2.75, 3.05) is 0 Å². The number of hydrogen-bond donors (Lipinski definition) is 0. The molecule has 2 rings (SSSR count). The third-order valence-electron chi connectivity index (χ3n) is 1.68. The summed E-state index contributed by atoms with van der Waals surface area (Å²) < 4.78 is 12.3. The maximum atomic E-state index is 12.3. The van der Waals surface area contributed by atoms with Crippen LogP contribution in [0, 0.1) is 76.0 Å². The van der Waals surface area contributed by atoms with E-state index in [1.54, 1.807) is 12.8 Å². The minimum Gasteiger partial charge on any atom is -0.197 e. The Hall–Kier alpha value is -0.251. The van der Waals surface area contributed by atoms with E-state index in [0.717, 1.165) is 5.92 Å². The van der Waals surface area contributed by atoms with Gasteiger partial charge < -0.3 is 0 Å². The normalized spacial score (nSPS) is 20.6. The van der Waals surface area contributed by atoms with Gasteiger partial charge >= 0.3 is 17.1 Å². The summed E-state index contributed by atoms with van der Waals surface area (Å²) in [5.41, 5.74) is 0. The van der Waals surface area contributed by atoms with Gasteiger partial charge in [0.05, 0.1) is 0 Å². The first-order chi connectivity index (χ1) is 7.33. The second kappa shape index (κ2) is 9.94. The first-order valence-electron chi connectivity index (χ1n) is 4.55. The monoisotopic (exact) mass is 254 g/mol. The van der Waals surface area contributed by atoms with Gasteiger partial charge in [-0.3, -0.25) is 0 Å². The van der Waals surface area contributed by atoms with Crippen LogP contribution in [0.25, 0.3) is 0 Å². The fourth-order valence-corrected chi connectivity index (χ4v) is 0.994. The van der Waals surface area contributed by atoms with E-state index in [1.165, 1.54) is 6.08 Å². The summed E-state index contributed by atoms with van der Waals surface area (Å²) in [5, 5.41) is 0. The van der Waals surface area contributed by atoms with E-state index in [9.17, 15) is 4.39 Å². The number of hydrogen-bond acceptors (Lipinski definition) is 0. The van der Waals surface area contributed by atoms with Crippen LogP contribution in [0.2, 0.25) is 0 Å². The van der Waals surface area contributed by atoms with Crippen LogP contribution in [-0.4, -0.2) is 0 Å². The molecule has 0 aromatic carbocycles. The van der Waals surface area contributed by atoms with Gasteiger partial charge in [-0.25, -0.2) is 0 Å². The van der Waals surface area contributed by atoms with Crippen molar-refractivity contribution >= 4 is 0 Å². The molecule has 0 saturated heterocycles. The molecular formula is C14H11FFe+2. The Kier molecular flexibility index (Phi) is 9.78. The smallest absolute Gasteiger partial charge is 0.197 e. The standard InChI is InChI=1S/C9H6F.C5H5.Fe/c1-2-9(10)7-8-5-3-4-6-8;1-2-4-5-3-1;/h1,3-7H;1-5H;/q;;+2/b9-7+;;. The second-order valence-electron chi connectivity index (χ2n) is 2.82. The zero-order chi connectivity index (χ0) is 10.9. The van der Waals surface area contributed by atoms with Crippen LogP contribution in [0.3, 0.4) is 0 Å². The minimum absolute atomic E-state index is 0. The summed E-state index contributed by atoms with van der Waals surface area (Å²) in [6, 6.07) is 0. The van der Waals surface area contributed by atoms with Crippen LogP contribution < -0.4 is 0 Å². The summed E-state index contributed by atoms with van der Waals surface area (Å²) in [5.74, 6) is 2.16. The Morgan fingerprint density at radius 1 is 1.00 bits per heavy atom. The van der Waals surface area contributed by atoms with Crippen molar-refractivity contribution in [3.8, 4) is 12.3 Å². The molecule has 2 aliphatic carbocycles. The molecule has 0 nitrogen and oxygen atoms in total. The molecular weight excluding hydrogens is 243 g/mol. The first-order valence-corrected chi connectivity index (χ1v) is 4.55. The molecule has 2 fully saturated rings. The average Bonchev–Trinajstić information content (AvgIpc) is 2.92. The van der Waals surface area contributed by atoms with Crippen LogP contribution in [-0.2, 0) is 17.1 Å². The Balaban J connectivity index is 0.000000318. The van der Waals surface area contributed by atoms with E-state index in [2.05, 4.69) is 0 Å². The predicted molar refractivity (Wildman–Crippen MR) is 60.0 cm³/mol. The van der Waals surface area contributed by atoms with Crippen molar-refractivity contribution < 1.29 is 21.5 Å². The van der Waals surface area contributed by atoms with Crippen LogP contribution >= 0.6 is 0 Å². The van der Waals surface area contributed by atoms with Gasteiger partial charge in [-0.1, -0.05) is 0 Å². The first kappa shape index (κ1) is 15.7. The van der Waals surface area contributed by atoms with Crippen molar-refractivity contribution in [2.45, 2.75) is 0 Å². The Morgan fingerprint density at radius 2 is 1.44 bits per heavy atom. The Morgan fingerprint density at radius 3 is 1.81 bits per heavy atom. The largest absolute Gasteiger partial charge is 2.00 e. The molecule has 80 valence electrons. The van der Waals surface area contributed by atoms with E-state index in [-0.39, 0.29) is 17.1 Å². The molecule has 2 aliphatic rings. The maximum Gasteiger partial charge on any atom is 2.00 e. The van der Waals surface area contributed by atoms with Crippen molar-refractivity contribution in [2.24, 2.45) is 0 Å². The van der Waals surface area contributed by atoms with Crippen LogP contribution in [0.15, 0.2) is 11.9 Å². The quantitative estimate of drug-likeness (QED) is 0.498. The summed E-state index contributed by atoms with van der Waals surface area (Å²) in [6.45, 7) is 0. The van der Waals surface area contributed by atoms with Crippen molar-refractivity contribution in [3.63, 3.8) is 0 Å². The summed E-state index contributed by atoms with van der Waals surface area (Å²) in [4.78, 5) is 0. The van der Waals surface area contributed by atoms with Crippen LogP contribution in [0.5, 0.6) is 0 Å². The molecule has 0 N–H and O–H groups in total. The summed E-state index contributed by atoms with van der Waals surface area (Å²) >= 11 is 0. The van der Waals surface area contributed by atoms with Crippen molar-refractivity contribution in [1.29, 1.82) is 0 Å². The molecule has 0 aromatic heterocycles. The van der Waals surface area contributed by atoms with Crippen molar-refractivity contribution in [3.05, 3.63) is 75.6 Å². The fourth-order valence-electron chi connectivity index (χ4n) is 0.994. The van der Waals surface area contributed by atoms with Gasteiger partial charge in [0.1, 0.15) is 0 Å². The Labute approximate surface area is 110 Å². The topological polar surface area (TPSA) is 0 Å². The molecule has 10 radical (unpaired) electrons. The SMILES string of the molecule is C#C/C(F)=C\[C]1[CH][CH][CH][CH]1.[CH]1[CH][CH][CH][CH]1.[Fe+2]. The molecule has 0 aliphatic heterocycles. The molecule has 16 heavy (non-hydrogen) atoms. The van der Waals surface area contributed by atoms with Gasteiger partial charge in [0.2, 0.25) is 0 Å². The molecule has 2 heteroatoms. The van der Waals surface area contributed by atoms with Crippen LogP contribution in [0.4, 0.5) is 4.39 Å². The summed E-state index contributed by atoms with van der Waals surface area (Å²) in [6.07, 6.45) is 23.4. The van der Waals surface area contributed by atoms with E-state index < -0.39 is 5.83 Å². The molecule has 0 spiro atoms. The second-order valence-corrected chi connectivity index (χ2v) is 2.82. The minimum atomic E-state index is -0.536. The zero-order valence-corrected chi connectivity index (χ0v) is 9.69. The molecule has 0 amide bonds. The number of allylic oxidation sites excluding steroid dienone is 2. The third kappa shape index (κ3) is 7.09. The van der Waals surface area contributed by atoms with Gasteiger partial charge in [-0.05, 0) is 69.8 Å². The van der Waals surface area contributed by atoms with E-state index in [4.69, 9.17) is 6.42 Å². The van der Waals surface area contributed by atoms with Crippen LogP contribution in [0.1, 0.15) is 0 Å². The van der Waals surface area contributed by atoms with Crippen molar-refractivity contribution in [1.82, 2.24) is 0 Å².